The molecular weight excluding hydrogens is 430 g/mol. The number of benzene rings is 2. The number of carbonyl (C=O) groups excluding carboxylic acids is 2. The summed E-state index contributed by atoms with van der Waals surface area (Å²) in [6.07, 6.45) is 0.345. The molecule has 2 atom stereocenters. The average Bonchev–Trinajstić information content (AvgIpc) is 2.77. The number of amides is 2. The zero-order valence-electron chi connectivity index (χ0n) is 18.5. The summed E-state index contributed by atoms with van der Waals surface area (Å²) in [6.45, 7) is 5.92. The number of hydrogen-bond acceptors (Lipinski definition) is 5. The summed E-state index contributed by atoms with van der Waals surface area (Å²) in [5, 5.41) is 5.34. The molecule has 2 amide bonds. The standard InChI is InChI=1S/C23H29N3O5S/c1-4-18-8-5-6-11-21(18)25-22(27)13-24-23(28)19-9-7-10-20(12-19)32(29,30)26-14-16(2)31-17(3)15-26/h5-12,16-17H,4,13-15H2,1-3H3,(H,24,28)(H,25,27)/t16-,17-/m0/s1. The van der Waals surface area contributed by atoms with Crippen LogP contribution in [0.5, 0.6) is 0 Å². The van der Waals surface area contributed by atoms with E-state index in [-0.39, 0.29) is 48.2 Å². The lowest BCUT2D eigenvalue weighted by Gasteiger charge is -2.34. The van der Waals surface area contributed by atoms with Crippen LogP contribution in [0.4, 0.5) is 5.69 Å². The molecule has 1 fully saturated rings. The van der Waals surface area contributed by atoms with Gasteiger partial charge in [-0.1, -0.05) is 31.2 Å². The van der Waals surface area contributed by atoms with Crippen LogP contribution in [-0.4, -0.2) is 56.4 Å². The van der Waals surface area contributed by atoms with Crippen molar-refractivity contribution in [3.63, 3.8) is 0 Å². The Morgan fingerprint density at radius 3 is 2.44 bits per heavy atom. The van der Waals surface area contributed by atoms with Crippen LogP contribution in [0, 0.1) is 0 Å². The Kier molecular flexibility index (Phi) is 7.65. The van der Waals surface area contributed by atoms with E-state index in [2.05, 4.69) is 10.6 Å². The van der Waals surface area contributed by atoms with Crippen LogP contribution < -0.4 is 10.6 Å². The second kappa shape index (κ2) is 10.2. The Balaban J connectivity index is 1.65. The van der Waals surface area contributed by atoms with Crippen LogP contribution >= 0.6 is 0 Å². The monoisotopic (exact) mass is 459 g/mol. The van der Waals surface area contributed by atoms with Crippen LogP contribution in [-0.2, 0) is 26.0 Å². The Morgan fingerprint density at radius 1 is 1.06 bits per heavy atom. The quantitative estimate of drug-likeness (QED) is 0.662. The fourth-order valence-electron chi connectivity index (χ4n) is 3.68. The molecular formula is C23H29N3O5S. The van der Waals surface area contributed by atoms with Crippen molar-refractivity contribution in [2.75, 3.05) is 25.0 Å². The van der Waals surface area contributed by atoms with Crippen molar-refractivity contribution in [1.82, 2.24) is 9.62 Å². The molecule has 2 aromatic carbocycles. The zero-order chi connectivity index (χ0) is 23.3. The summed E-state index contributed by atoms with van der Waals surface area (Å²) in [4.78, 5) is 24.9. The maximum absolute atomic E-state index is 13.1. The highest BCUT2D eigenvalue weighted by Crippen LogP contribution is 2.22. The minimum atomic E-state index is -3.77. The summed E-state index contributed by atoms with van der Waals surface area (Å²) in [6, 6.07) is 13.3. The maximum Gasteiger partial charge on any atom is 0.251 e. The van der Waals surface area contributed by atoms with Gasteiger partial charge in [0.2, 0.25) is 15.9 Å². The number of rotatable bonds is 7. The highest BCUT2D eigenvalue weighted by molar-refractivity contribution is 7.89. The number of nitrogens with one attached hydrogen (secondary N) is 2. The number of anilines is 1. The van der Waals surface area contributed by atoms with Crippen molar-refractivity contribution in [3.05, 3.63) is 59.7 Å². The van der Waals surface area contributed by atoms with Crippen LogP contribution in [0.2, 0.25) is 0 Å². The first-order chi connectivity index (χ1) is 15.2. The SMILES string of the molecule is CCc1ccccc1NC(=O)CNC(=O)c1cccc(S(=O)(=O)N2C[C@H](C)O[C@@H](C)C2)c1. The molecule has 1 aliphatic heterocycles. The van der Waals surface area contributed by atoms with Crippen LogP contribution in [0.1, 0.15) is 36.7 Å². The third-order valence-electron chi connectivity index (χ3n) is 5.20. The van der Waals surface area contributed by atoms with E-state index in [0.29, 0.717) is 5.69 Å². The van der Waals surface area contributed by atoms with Crippen molar-refractivity contribution >= 4 is 27.5 Å². The van der Waals surface area contributed by atoms with E-state index < -0.39 is 15.9 Å². The molecule has 0 aliphatic carbocycles. The van der Waals surface area contributed by atoms with E-state index in [1.165, 1.54) is 28.6 Å². The minimum absolute atomic E-state index is 0.0350. The van der Waals surface area contributed by atoms with Gasteiger partial charge < -0.3 is 15.4 Å². The largest absolute Gasteiger partial charge is 0.373 e. The number of hydrogen-bond donors (Lipinski definition) is 2. The van der Waals surface area contributed by atoms with Crippen LogP contribution in [0.15, 0.2) is 53.4 Å². The second-order valence-corrected chi connectivity index (χ2v) is 9.79. The van der Waals surface area contributed by atoms with Gasteiger partial charge >= 0.3 is 0 Å². The van der Waals surface area contributed by atoms with Crippen molar-refractivity contribution in [2.24, 2.45) is 0 Å². The lowest BCUT2D eigenvalue weighted by atomic mass is 10.1. The Morgan fingerprint density at radius 2 is 1.75 bits per heavy atom. The van der Waals surface area contributed by atoms with E-state index in [1.54, 1.807) is 6.07 Å². The lowest BCUT2D eigenvalue weighted by Crippen LogP contribution is -2.48. The summed E-state index contributed by atoms with van der Waals surface area (Å²) in [7, 11) is -3.77. The fourth-order valence-corrected chi connectivity index (χ4v) is 5.32. The minimum Gasteiger partial charge on any atom is -0.373 e. The molecule has 1 aliphatic rings. The predicted octanol–water partition coefficient (Wildman–Crippen LogP) is 2.42. The molecule has 3 rings (SSSR count). The van der Waals surface area contributed by atoms with Crippen LogP contribution in [0.25, 0.3) is 0 Å². The molecule has 2 N–H and O–H groups in total. The topological polar surface area (TPSA) is 105 Å². The number of morpholine rings is 1. The molecule has 0 aromatic heterocycles. The molecule has 9 heteroatoms. The summed E-state index contributed by atoms with van der Waals surface area (Å²) in [5.74, 6) is -0.885. The third-order valence-corrected chi connectivity index (χ3v) is 7.03. The Labute approximate surface area is 189 Å². The molecule has 0 radical (unpaired) electrons. The molecule has 0 bridgehead atoms. The van der Waals surface area contributed by atoms with E-state index in [0.717, 1.165) is 12.0 Å². The van der Waals surface area contributed by atoms with Gasteiger partial charge in [-0.25, -0.2) is 8.42 Å². The molecule has 2 aromatic rings. The number of ether oxygens (including phenoxy) is 1. The van der Waals surface area contributed by atoms with Gasteiger partial charge in [-0.3, -0.25) is 9.59 Å². The molecule has 172 valence electrons. The van der Waals surface area contributed by atoms with Crippen molar-refractivity contribution in [1.29, 1.82) is 0 Å². The lowest BCUT2D eigenvalue weighted by molar-refractivity contribution is -0.115. The first-order valence-electron chi connectivity index (χ1n) is 10.6. The predicted molar refractivity (Wildman–Crippen MR) is 122 cm³/mol. The highest BCUT2D eigenvalue weighted by atomic mass is 32.2. The van der Waals surface area contributed by atoms with E-state index in [9.17, 15) is 18.0 Å². The van der Waals surface area contributed by atoms with E-state index in [1.807, 2.05) is 39.0 Å². The number of sulfonamides is 1. The number of nitrogens with zero attached hydrogens (tertiary/aromatic N) is 1. The van der Waals surface area contributed by atoms with Crippen molar-refractivity contribution < 1.29 is 22.7 Å². The molecule has 0 unspecified atom stereocenters. The van der Waals surface area contributed by atoms with Crippen molar-refractivity contribution in [3.8, 4) is 0 Å². The van der Waals surface area contributed by atoms with E-state index in [4.69, 9.17) is 4.74 Å². The average molecular weight is 460 g/mol. The van der Waals surface area contributed by atoms with Crippen LogP contribution in [0.3, 0.4) is 0 Å². The third kappa shape index (κ3) is 5.73. The van der Waals surface area contributed by atoms with Gasteiger partial charge in [0.25, 0.3) is 5.91 Å². The molecule has 32 heavy (non-hydrogen) atoms. The molecule has 1 saturated heterocycles. The van der Waals surface area contributed by atoms with Gasteiger partial charge in [-0.05, 0) is 50.1 Å². The zero-order valence-corrected chi connectivity index (χ0v) is 19.3. The molecule has 1 heterocycles. The van der Waals surface area contributed by atoms with Gasteiger partial charge in [0.1, 0.15) is 0 Å². The Bertz CT molecular complexity index is 1080. The Hall–Kier alpha value is -2.75. The second-order valence-electron chi connectivity index (χ2n) is 7.85. The number of aryl methyl sites for hydroxylation is 1. The van der Waals surface area contributed by atoms with Gasteiger partial charge in [0.05, 0.1) is 23.6 Å². The fraction of sp³-hybridized carbons (Fsp3) is 0.391. The van der Waals surface area contributed by atoms with Gasteiger partial charge in [0.15, 0.2) is 0 Å². The first kappa shape index (κ1) is 23.9. The summed E-state index contributed by atoms with van der Waals surface area (Å²) >= 11 is 0. The van der Waals surface area contributed by atoms with Crippen molar-refractivity contribution in [2.45, 2.75) is 44.3 Å². The normalized spacial score (nSPS) is 19.3. The molecule has 8 nitrogen and oxygen atoms in total. The van der Waals surface area contributed by atoms with Gasteiger partial charge in [0, 0.05) is 24.3 Å². The first-order valence-corrected chi connectivity index (χ1v) is 12.1. The number of para-hydroxylation sites is 1. The molecule has 0 saturated carbocycles. The smallest absolute Gasteiger partial charge is 0.251 e. The highest BCUT2D eigenvalue weighted by Gasteiger charge is 2.32. The number of carbonyl (C=O) groups is 2. The maximum atomic E-state index is 13.1. The summed E-state index contributed by atoms with van der Waals surface area (Å²) < 4.78 is 33.1. The van der Waals surface area contributed by atoms with E-state index >= 15 is 0 Å². The summed E-state index contributed by atoms with van der Waals surface area (Å²) in [5.41, 5.74) is 1.87. The van der Waals surface area contributed by atoms with Gasteiger partial charge in [-0.15, -0.1) is 0 Å². The molecule has 0 spiro atoms. The van der Waals surface area contributed by atoms with Gasteiger partial charge in [-0.2, -0.15) is 4.31 Å².